The molecule has 0 aliphatic heterocycles. The monoisotopic (exact) mass is 187 g/mol. The minimum atomic E-state index is 0.569. The van der Waals surface area contributed by atoms with E-state index < -0.39 is 0 Å². The lowest BCUT2D eigenvalue weighted by Crippen LogP contribution is -2.26. The van der Waals surface area contributed by atoms with Crippen LogP contribution < -0.4 is 5.32 Å². The van der Waals surface area contributed by atoms with Gasteiger partial charge in [0.2, 0.25) is 0 Å². The van der Waals surface area contributed by atoms with Crippen molar-refractivity contribution in [1.29, 1.82) is 0 Å². The fourth-order valence-corrected chi connectivity index (χ4v) is 1.12. The van der Waals surface area contributed by atoms with Gasteiger partial charge in [-0.05, 0) is 18.8 Å². The zero-order chi connectivity index (χ0) is 10.1. The van der Waals surface area contributed by atoms with Gasteiger partial charge in [-0.15, -0.1) is 0 Å². The largest absolute Gasteiger partial charge is 0.380 e. The van der Waals surface area contributed by atoms with Gasteiger partial charge < -0.3 is 10.1 Å². The summed E-state index contributed by atoms with van der Waals surface area (Å²) in [5.74, 6) is 0.803. The molecule has 0 spiro atoms. The Hall–Kier alpha value is -0.0800. The van der Waals surface area contributed by atoms with Crippen LogP contribution in [-0.4, -0.2) is 25.8 Å². The lowest BCUT2D eigenvalue weighted by molar-refractivity contribution is 0.128. The van der Waals surface area contributed by atoms with Crippen LogP contribution in [-0.2, 0) is 4.74 Å². The van der Waals surface area contributed by atoms with E-state index in [-0.39, 0.29) is 0 Å². The van der Waals surface area contributed by atoms with Crippen molar-refractivity contribution in [1.82, 2.24) is 5.32 Å². The molecule has 0 bridgehead atoms. The summed E-state index contributed by atoms with van der Waals surface area (Å²) in [5.41, 5.74) is 0. The number of hydrogen-bond acceptors (Lipinski definition) is 2. The van der Waals surface area contributed by atoms with Crippen LogP contribution in [0, 0.1) is 5.92 Å². The predicted octanol–water partition coefficient (Wildman–Crippen LogP) is 2.44. The third-order valence-corrected chi connectivity index (χ3v) is 1.87. The maximum atomic E-state index is 5.47. The fourth-order valence-electron chi connectivity index (χ4n) is 1.12. The van der Waals surface area contributed by atoms with Gasteiger partial charge in [-0.25, -0.2) is 0 Å². The molecule has 0 atom stereocenters. The second-order valence-corrected chi connectivity index (χ2v) is 4.26. The van der Waals surface area contributed by atoms with Crippen LogP contribution in [0.2, 0.25) is 0 Å². The molecule has 0 aromatic rings. The average Bonchev–Trinajstić information content (AvgIpc) is 2.01. The van der Waals surface area contributed by atoms with Crippen molar-refractivity contribution in [2.45, 2.75) is 46.6 Å². The standard InChI is InChI=1S/C11H25NO/c1-10(2)6-5-8-13-9-7-12-11(3)4/h10-12H,5-9H2,1-4H3. The SMILES string of the molecule is CC(C)CCCOCCNC(C)C. The van der Waals surface area contributed by atoms with Crippen molar-refractivity contribution in [2.24, 2.45) is 5.92 Å². The maximum absolute atomic E-state index is 5.47. The van der Waals surface area contributed by atoms with E-state index in [9.17, 15) is 0 Å². The summed E-state index contributed by atoms with van der Waals surface area (Å²) in [5, 5.41) is 3.32. The summed E-state index contributed by atoms with van der Waals surface area (Å²) in [4.78, 5) is 0. The van der Waals surface area contributed by atoms with Crippen LogP contribution in [0.15, 0.2) is 0 Å². The van der Waals surface area contributed by atoms with E-state index in [2.05, 4.69) is 33.0 Å². The molecule has 0 radical (unpaired) electrons. The van der Waals surface area contributed by atoms with Crippen molar-refractivity contribution in [3.8, 4) is 0 Å². The first kappa shape index (κ1) is 12.9. The topological polar surface area (TPSA) is 21.3 Å². The average molecular weight is 187 g/mol. The smallest absolute Gasteiger partial charge is 0.0590 e. The fraction of sp³-hybridized carbons (Fsp3) is 1.00. The number of ether oxygens (including phenoxy) is 1. The van der Waals surface area contributed by atoms with Gasteiger partial charge in [-0.2, -0.15) is 0 Å². The molecule has 2 heteroatoms. The highest BCUT2D eigenvalue weighted by atomic mass is 16.5. The Morgan fingerprint density at radius 1 is 1.08 bits per heavy atom. The van der Waals surface area contributed by atoms with E-state index in [1.165, 1.54) is 12.8 Å². The highest BCUT2D eigenvalue weighted by molar-refractivity contribution is 4.51. The third-order valence-electron chi connectivity index (χ3n) is 1.87. The molecule has 0 aliphatic rings. The van der Waals surface area contributed by atoms with Gasteiger partial charge in [0, 0.05) is 19.2 Å². The van der Waals surface area contributed by atoms with E-state index in [1.54, 1.807) is 0 Å². The van der Waals surface area contributed by atoms with E-state index in [4.69, 9.17) is 4.74 Å². The van der Waals surface area contributed by atoms with Crippen molar-refractivity contribution < 1.29 is 4.74 Å². The summed E-state index contributed by atoms with van der Waals surface area (Å²) in [6.45, 7) is 11.5. The molecule has 13 heavy (non-hydrogen) atoms. The Morgan fingerprint density at radius 2 is 1.77 bits per heavy atom. The van der Waals surface area contributed by atoms with Gasteiger partial charge in [0.25, 0.3) is 0 Å². The van der Waals surface area contributed by atoms with E-state index in [0.29, 0.717) is 6.04 Å². The van der Waals surface area contributed by atoms with Crippen molar-refractivity contribution in [3.05, 3.63) is 0 Å². The molecular formula is C11H25NO. The molecule has 2 nitrogen and oxygen atoms in total. The number of hydrogen-bond donors (Lipinski definition) is 1. The predicted molar refractivity (Wildman–Crippen MR) is 58.0 cm³/mol. The number of rotatable bonds is 8. The van der Waals surface area contributed by atoms with Crippen LogP contribution in [0.3, 0.4) is 0 Å². The maximum Gasteiger partial charge on any atom is 0.0590 e. The van der Waals surface area contributed by atoms with E-state index in [0.717, 1.165) is 25.7 Å². The lowest BCUT2D eigenvalue weighted by Gasteiger charge is -2.09. The normalized spacial score (nSPS) is 11.5. The Labute approximate surface area is 83.1 Å². The summed E-state index contributed by atoms with van der Waals surface area (Å²) in [6.07, 6.45) is 2.47. The summed E-state index contributed by atoms with van der Waals surface area (Å²) in [6, 6.07) is 0.569. The zero-order valence-electron chi connectivity index (χ0n) is 9.60. The first-order valence-corrected chi connectivity index (χ1v) is 5.44. The molecule has 1 N–H and O–H groups in total. The minimum Gasteiger partial charge on any atom is -0.380 e. The van der Waals surface area contributed by atoms with Gasteiger partial charge in [0.15, 0.2) is 0 Å². The van der Waals surface area contributed by atoms with Crippen LogP contribution in [0.5, 0.6) is 0 Å². The number of nitrogens with one attached hydrogen (secondary N) is 1. The molecule has 0 heterocycles. The molecule has 0 aliphatic carbocycles. The quantitative estimate of drug-likeness (QED) is 0.589. The van der Waals surface area contributed by atoms with Gasteiger partial charge >= 0.3 is 0 Å². The first-order valence-electron chi connectivity index (χ1n) is 5.44. The van der Waals surface area contributed by atoms with Crippen LogP contribution >= 0.6 is 0 Å². The highest BCUT2D eigenvalue weighted by Gasteiger charge is 1.94. The first-order chi connectivity index (χ1) is 6.13. The van der Waals surface area contributed by atoms with Crippen molar-refractivity contribution >= 4 is 0 Å². The van der Waals surface area contributed by atoms with Gasteiger partial charge in [0.1, 0.15) is 0 Å². The Balaban J connectivity index is 2.92. The van der Waals surface area contributed by atoms with E-state index in [1.807, 2.05) is 0 Å². The summed E-state index contributed by atoms with van der Waals surface area (Å²) < 4.78 is 5.47. The minimum absolute atomic E-state index is 0.569. The Morgan fingerprint density at radius 3 is 2.31 bits per heavy atom. The Kier molecular flexibility index (Phi) is 8.46. The van der Waals surface area contributed by atoms with Crippen molar-refractivity contribution in [3.63, 3.8) is 0 Å². The molecule has 0 unspecified atom stereocenters. The van der Waals surface area contributed by atoms with Crippen molar-refractivity contribution in [2.75, 3.05) is 19.8 Å². The molecule has 0 amide bonds. The Bertz CT molecular complexity index is 90.3. The second kappa shape index (κ2) is 8.52. The van der Waals surface area contributed by atoms with E-state index >= 15 is 0 Å². The van der Waals surface area contributed by atoms with Gasteiger partial charge in [-0.1, -0.05) is 27.7 Å². The highest BCUT2D eigenvalue weighted by Crippen LogP contribution is 2.02. The molecule has 0 saturated heterocycles. The molecule has 0 saturated carbocycles. The molecule has 0 fully saturated rings. The third kappa shape index (κ3) is 11.9. The van der Waals surface area contributed by atoms with Gasteiger partial charge in [-0.3, -0.25) is 0 Å². The van der Waals surface area contributed by atoms with Crippen LogP contribution in [0.1, 0.15) is 40.5 Å². The van der Waals surface area contributed by atoms with Gasteiger partial charge in [0.05, 0.1) is 6.61 Å². The van der Waals surface area contributed by atoms with Crippen LogP contribution in [0.25, 0.3) is 0 Å². The zero-order valence-corrected chi connectivity index (χ0v) is 9.60. The summed E-state index contributed by atoms with van der Waals surface area (Å²) >= 11 is 0. The van der Waals surface area contributed by atoms with Crippen LogP contribution in [0.4, 0.5) is 0 Å². The lowest BCUT2D eigenvalue weighted by atomic mass is 10.1. The molecule has 0 rings (SSSR count). The molecular weight excluding hydrogens is 162 g/mol. The molecule has 0 aromatic heterocycles. The molecule has 80 valence electrons. The summed E-state index contributed by atoms with van der Waals surface area (Å²) in [7, 11) is 0. The second-order valence-electron chi connectivity index (χ2n) is 4.26. The molecule has 0 aromatic carbocycles.